The number of thiophene rings is 1. The van der Waals surface area contributed by atoms with Crippen molar-refractivity contribution in [1.29, 1.82) is 0 Å². The van der Waals surface area contributed by atoms with E-state index in [1.807, 2.05) is 47.8 Å². The van der Waals surface area contributed by atoms with Gasteiger partial charge in [-0.15, -0.1) is 11.3 Å². The SMILES string of the molecule is COc1ccccc1OCC(=O)N(Cc1cccs1)c1ccc2c(c1)OCCO2. The third-order valence-corrected chi connectivity index (χ3v) is 5.31. The Hall–Kier alpha value is -3.19. The van der Waals surface area contributed by atoms with Gasteiger partial charge in [0.05, 0.1) is 13.7 Å². The standard InChI is InChI=1S/C22H21NO5S/c1-25-18-6-2-3-7-19(18)28-15-22(24)23(14-17-5-4-12-29-17)16-8-9-20-21(13-16)27-11-10-26-20/h2-9,12-13H,10-11,14-15H2,1H3. The smallest absolute Gasteiger partial charge is 0.265 e. The van der Waals surface area contributed by atoms with E-state index in [9.17, 15) is 4.79 Å². The minimum atomic E-state index is -0.166. The van der Waals surface area contributed by atoms with E-state index in [0.717, 1.165) is 10.6 Å². The molecule has 150 valence electrons. The molecule has 3 aromatic rings. The summed E-state index contributed by atoms with van der Waals surface area (Å²) < 4.78 is 22.3. The van der Waals surface area contributed by atoms with E-state index in [2.05, 4.69) is 0 Å². The lowest BCUT2D eigenvalue weighted by Crippen LogP contribution is -2.34. The zero-order chi connectivity index (χ0) is 20.1. The van der Waals surface area contributed by atoms with Crippen molar-refractivity contribution >= 4 is 22.9 Å². The van der Waals surface area contributed by atoms with Gasteiger partial charge in [-0.2, -0.15) is 0 Å². The molecule has 0 aliphatic carbocycles. The highest BCUT2D eigenvalue weighted by Gasteiger charge is 2.21. The molecule has 0 fully saturated rings. The van der Waals surface area contributed by atoms with E-state index in [-0.39, 0.29) is 12.5 Å². The number of benzene rings is 2. The van der Waals surface area contributed by atoms with Gasteiger partial charge in [0.25, 0.3) is 5.91 Å². The van der Waals surface area contributed by atoms with Crippen LogP contribution in [0.4, 0.5) is 5.69 Å². The van der Waals surface area contributed by atoms with Gasteiger partial charge in [-0.3, -0.25) is 4.79 Å². The summed E-state index contributed by atoms with van der Waals surface area (Å²) in [5.41, 5.74) is 0.733. The monoisotopic (exact) mass is 411 g/mol. The van der Waals surface area contributed by atoms with E-state index < -0.39 is 0 Å². The lowest BCUT2D eigenvalue weighted by atomic mass is 10.2. The van der Waals surface area contributed by atoms with Crippen LogP contribution >= 0.6 is 11.3 Å². The van der Waals surface area contributed by atoms with Crippen LogP contribution in [0.2, 0.25) is 0 Å². The van der Waals surface area contributed by atoms with E-state index in [0.29, 0.717) is 42.8 Å². The van der Waals surface area contributed by atoms with Crippen LogP contribution in [0.25, 0.3) is 0 Å². The molecule has 4 rings (SSSR count). The summed E-state index contributed by atoms with van der Waals surface area (Å²) in [4.78, 5) is 15.9. The molecule has 6 nitrogen and oxygen atoms in total. The van der Waals surface area contributed by atoms with Crippen LogP contribution in [0, 0.1) is 0 Å². The quantitative estimate of drug-likeness (QED) is 0.585. The number of hydrogen-bond acceptors (Lipinski definition) is 6. The van der Waals surface area contributed by atoms with Crippen LogP contribution in [0.1, 0.15) is 4.88 Å². The van der Waals surface area contributed by atoms with E-state index in [1.54, 1.807) is 35.5 Å². The fourth-order valence-electron chi connectivity index (χ4n) is 3.04. The number of carbonyl (C=O) groups excluding carboxylic acids is 1. The molecule has 0 bridgehead atoms. The van der Waals surface area contributed by atoms with E-state index in [1.165, 1.54) is 0 Å². The second kappa shape index (κ2) is 8.87. The molecule has 0 saturated heterocycles. The first kappa shape index (κ1) is 19.1. The maximum Gasteiger partial charge on any atom is 0.265 e. The first-order valence-corrected chi connectivity index (χ1v) is 10.1. The largest absolute Gasteiger partial charge is 0.493 e. The topological polar surface area (TPSA) is 57.2 Å². The van der Waals surface area contributed by atoms with Crippen LogP contribution in [-0.4, -0.2) is 32.8 Å². The average molecular weight is 411 g/mol. The predicted octanol–water partition coefficient (Wildman–Crippen LogP) is 4.14. The van der Waals surface area contributed by atoms with Crippen molar-refractivity contribution in [2.75, 3.05) is 31.8 Å². The van der Waals surface area contributed by atoms with Gasteiger partial charge in [0, 0.05) is 16.6 Å². The Morgan fingerprint density at radius 1 is 1.03 bits per heavy atom. The summed E-state index contributed by atoms with van der Waals surface area (Å²) in [6.07, 6.45) is 0. The molecule has 0 N–H and O–H groups in total. The summed E-state index contributed by atoms with van der Waals surface area (Å²) in [6.45, 7) is 1.36. The number of nitrogens with zero attached hydrogens (tertiary/aromatic N) is 1. The van der Waals surface area contributed by atoms with Crippen molar-refractivity contribution in [3.8, 4) is 23.0 Å². The molecule has 1 aliphatic rings. The number of amides is 1. The molecule has 7 heteroatoms. The van der Waals surface area contributed by atoms with Gasteiger partial charge in [-0.05, 0) is 35.7 Å². The zero-order valence-electron chi connectivity index (χ0n) is 16.0. The molecule has 0 atom stereocenters. The van der Waals surface area contributed by atoms with Gasteiger partial charge in [0.1, 0.15) is 13.2 Å². The highest BCUT2D eigenvalue weighted by atomic mass is 32.1. The molecule has 1 aromatic heterocycles. The Morgan fingerprint density at radius 2 is 1.83 bits per heavy atom. The van der Waals surface area contributed by atoms with Crippen LogP contribution in [-0.2, 0) is 11.3 Å². The van der Waals surface area contributed by atoms with E-state index >= 15 is 0 Å². The number of rotatable bonds is 7. The van der Waals surface area contributed by atoms with Crippen molar-refractivity contribution in [2.24, 2.45) is 0 Å². The van der Waals surface area contributed by atoms with Gasteiger partial charge in [-0.25, -0.2) is 0 Å². The van der Waals surface area contributed by atoms with Gasteiger partial charge < -0.3 is 23.8 Å². The van der Waals surface area contributed by atoms with Crippen LogP contribution in [0.15, 0.2) is 60.0 Å². The van der Waals surface area contributed by atoms with E-state index in [4.69, 9.17) is 18.9 Å². The summed E-state index contributed by atoms with van der Waals surface area (Å²) in [6, 6.07) is 16.8. The normalized spacial score (nSPS) is 12.3. The van der Waals surface area contributed by atoms with Crippen molar-refractivity contribution in [1.82, 2.24) is 0 Å². The second-order valence-corrected chi connectivity index (χ2v) is 7.36. The lowest BCUT2D eigenvalue weighted by Gasteiger charge is -2.25. The second-order valence-electron chi connectivity index (χ2n) is 6.33. The number of carbonyl (C=O) groups is 1. The number of ether oxygens (including phenoxy) is 4. The first-order valence-electron chi connectivity index (χ1n) is 9.23. The highest BCUT2D eigenvalue weighted by molar-refractivity contribution is 7.09. The van der Waals surface area contributed by atoms with Crippen molar-refractivity contribution in [3.05, 3.63) is 64.9 Å². The average Bonchev–Trinajstić information content (AvgIpc) is 3.29. The van der Waals surface area contributed by atoms with Crippen molar-refractivity contribution in [3.63, 3.8) is 0 Å². The molecular formula is C22H21NO5S. The molecule has 2 heterocycles. The fraction of sp³-hybridized carbons (Fsp3) is 0.227. The predicted molar refractivity (Wildman–Crippen MR) is 111 cm³/mol. The number of fused-ring (bicyclic) bond motifs is 1. The number of anilines is 1. The summed E-state index contributed by atoms with van der Waals surface area (Å²) >= 11 is 1.60. The van der Waals surface area contributed by atoms with Gasteiger partial charge in [-0.1, -0.05) is 18.2 Å². The minimum Gasteiger partial charge on any atom is -0.493 e. The number of para-hydroxylation sites is 2. The molecule has 2 aromatic carbocycles. The Balaban J connectivity index is 1.56. The lowest BCUT2D eigenvalue weighted by molar-refractivity contribution is -0.120. The Bertz CT molecular complexity index is 973. The van der Waals surface area contributed by atoms with Crippen molar-refractivity contribution in [2.45, 2.75) is 6.54 Å². The molecular weight excluding hydrogens is 390 g/mol. The summed E-state index contributed by atoms with van der Waals surface area (Å²) in [5.74, 6) is 2.28. The molecule has 0 radical (unpaired) electrons. The first-order chi connectivity index (χ1) is 14.2. The third kappa shape index (κ3) is 4.46. The number of hydrogen-bond donors (Lipinski definition) is 0. The van der Waals surface area contributed by atoms with Gasteiger partial charge >= 0.3 is 0 Å². The van der Waals surface area contributed by atoms with Crippen molar-refractivity contribution < 1.29 is 23.7 Å². The van der Waals surface area contributed by atoms with Gasteiger partial charge in [0.15, 0.2) is 29.6 Å². The van der Waals surface area contributed by atoms with Crippen LogP contribution < -0.4 is 23.8 Å². The molecule has 0 spiro atoms. The maximum atomic E-state index is 13.1. The Morgan fingerprint density at radius 3 is 2.59 bits per heavy atom. The fourth-order valence-corrected chi connectivity index (χ4v) is 3.73. The molecule has 0 saturated carbocycles. The molecule has 29 heavy (non-hydrogen) atoms. The number of methoxy groups -OCH3 is 1. The zero-order valence-corrected chi connectivity index (χ0v) is 16.8. The Labute approximate surface area is 173 Å². The third-order valence-electron chi connectivity index (χ3n) is 4.45. The summed E-state index contributed by atoms with van der Waals surface area (Å²) in [7, 11) is 1.57. The van der Waals surface area contributed by atoms with Gasteiger partial charge in [0.2, 0.25) is 0 Å². The maximum absolute atomic E-state index is 13.1. The van der Waals surface area contributed by atoms with Crippen LogP contribution in [0.5, 0.6) is 23.0 Å². The van der Waals surface area contributed by atoms with Crippen LogP contribution in [0.3, 0.4) is 0 Å². The molecule has 1 aliphatic heterocycles. The minimum absolute atomic E-state index is 0.111. The molecule has 1 amide bonds. The molecule has 0 unspecified atom stereocenters. The highest BCUT2D eigenvalue weighted by Crippen LogP contribution is 2.35. The Kier molecular flexibility index (Phi) is 5.86. The summed E-state index contributed by atoms with van der Waals surface area (Å²) in [5, 5.41) is 1.99.